The monoisotopic (exact) mass is 265 g/mol. The van der Waals surface area contributed by atoms with Crippen LogP contribution in [0.1, 0.15) is 25.5 Å². The van der Waals surface area contributed by atoms with E-state index in [4.69, 9.17) is 10.8 Å². The van der Waals surface area contributed by atoms with Crippen LogP contribution in [0.15, 0.2) is 18.3 Å². The van der Waals surface area contributed by atoms with E-state index in [2.05, 4.69) is 10.3 Å². The van der Waals surface area contributed by atoms with Gasteiger partial charge in [0.25, 0.3) is 0 Å². The molecule has 0 bridgehead atoms. The Morgan fingerprint density at radius 1 is 1.47 bits per heavy atom. The van der Waals surface area contributed by atoms with Gasteiger partial charge in [-0.2, -0.15) is 0 Å². The number of nitrogens with zero attached hydrogens (tertiary/aromatic N) is 1. The highest BCUT2D eigenvalue weighted by atomic mass is 16.4. The summed E-state index contributed by atoms with van der Waals surface area (Å²) in [6.07, 6.45) is 2.91. The van der Waals surface area contributed by atoms with Crippen LogP contribution in [-0.4, -0.2) is 28.5 Å². The van der Waals surface area contributed by atoms with Gasteiger partial charge in [-0.25, -0.2) is 0 Å². The number of hydrogen-bond acceptors (Lipinski definition) is 4. The molecule has 0 saturated carbocycles. The fourth-order valence-electron chi connectivity index (χ4n) is 1.53. The van der Waals surface area contributed by atoms with Gasteiger partial charge in [0.15, 0.2) is 0 Å². The van der Waals surface area contributed by atoms with E-state index in [1.54, 1.807) is 19.1 Å². The number of carbonyl (C=O) groups excluding carboxylic acids is 1. The lowest BCUT2D eigenvalue weighted by molar-refractivity contribution is -0.141. The first-order valence-corrected chi connectivity index (χ1v) is 6.19. The standard InChI is InChI=1S/C13H19N3O3/c1-9(13(18)19)3-2-6-15-12(17)7-11-5-4-10(14)8-16-11/h4-5,8-9H,2-3,6-7,14H2,1H3,(H,15,17)(H,18,19). The highest BCUT2D eigenvalue weighted by Crippen LogP contribution is 2.04. The maximum absolute atomic E-state index is 11.6. The third kappa shape index (κ3) is 5.85. The number of carbonyl (C=O) groups is 2. The number of carboxylic acid groups (broad SMARTS) is 1. The molecule has 0 radical (unpaired) electrons. The summed E-state index contributed by atoms with van der Waals surface area (Å²) in [7, 11) is 0. The first-order valence-electron chi connectivity index (χ1n) is 6.19. The Bertz CT molecular complexity index is 431. The number of carboxylic acids is 1. The van der Waals surface area contributed by atoms with Crippen LogP contribution >= 0.6 is 0 Å². The molecule has 6 nitrogen and oxygen atoms in total. The molecular weight excluding hydrogens is 246 g/mol. The number of anilines is 1. The zero-order valence-corrected chi connectivity index (χ0v) is 10.9. The molecule has 1 aromatic heterocycles. The molecule has 0 aliphatic carbocycles. The van der Waals surface area contributed by atoms with Crippen molar-refractivity contribution in [3.63, 3.8) is 0 Å². The number of pyridine rings is 1. The molecule has 1 atom stereocenters. The summed E-state index contributed by atoms with van der Waals surface area (Å²) < 4.78 is 0. The molecule has 1 heterocycles. The van der Waals surface area contributed by atoms with Crippen molar-refractivity contribution in [3.8, 4) is 0 Å². The van der Waals surface area contributed by atoms with Crippen LogP contribution in [0.2, 0.25) is 0 Å². The van der Waals surface area contributed by atoms with Crippen molar-refractivity contribution < 1.29 is 14.7 Å². The van der Waals surface area contributed by atoms with Gasteiger partial charge in [-0.1, -0.05) is 6.92 Å². The normalized spacial score (nSPS) is 11.8. The van der Waals surface area contributed by atoms with Gasteiger partial charge in [0.1, 0.15) is 0 Å². The summed E-state index contributed by atoms with van der Waals surface area (Å²) in [6, 6.07) is 3.41. The Kier molecular flexibility index (Phi) is 5.78. The minimum absolute atomic E-state index is 0.125. The number of aliphatic carboxylic acids is 1. The fourth-order valence-corrected chi connectivity index (χ4v) is 1.53. The molecule has 0 spiro atoms. The Hall–Kier alpha value is -2.11. The number of hydrogen-bond donors (Lipinski definition) is 3. The first-order chi connectivity index (χ1) is 8.99. The third-order valence-electron chi connectivity index (χ3n) is 2.75. The van der Waals surface area contributed by atoms with Gasteiger partial charge in [-0.05, 0) is 25.0 Å². The van der Waals surface area contributed by atoms with Gasteiger partial charge in [0.2, 0.25) is 5.91 Å². The molecule has 1 aromatic rings. The molecule has 19 heavy (non-hydrogen) atoms. The van der Waals surface area contributed by atoms with Crippen molar-refractivity contribution in [1.29, 1.82) is 0 Å². The molecule has 0 fully saturated rings. The molecule has 0 aliphatic heterocycles. The van der Waals surface area contributed by atoms with E-state index in [0.717, 1.165) is 0 Å². The van der Waals surface area contributed by atoms with E-state index in [1.165, 1.54) is 6.20 Å². The molecule has 1 unspecified atom stereocenters. The molecule has 6 heteroatoms. The molecule has 0 saturated heterocycles. The van der Waals surface area contributed by atoms with Crippen molar-refractivity contribution in [1.82, 2.24) is 10.3 Å². The smallest absolute Gasteiger partial charge is 0.306 e. The summed E-state index contributed by atoms with van der Waals surface area (Å²) in [5.41, 5.74) is 6.72. The molecule has 0 aromatic carbocycles. The number of nitrogen functional groups attached to an aromatic ring is 1. The predicted octanol–water partition coefficient (Wildman–Crippen LogP) is 0.823. The van der Waals surface area contributed by atoms with Gasteiger partial charge in [-0.15, -0.1) is 0 Å². The van der Waals surface area contributed by atoms with Gasteiger partial charge < -0.3 is 16.2 Å². The minimum Gasteiger partial charge on any atom is -0.481 e. The maximum Gasteiger partial charge on any atom is 0.306 e. The summed E-state index contributed by atoms with van der Waals surface area (Å²) in [6.45, 7) is 2.13. The summed E-state index contributed by atoms with van der Waals surface area (Å²) in [4.78, 5) is 26.2. The van der Waals surface area contributed by atoms with Crippen molar-refractivity contribution in [2.75, 3.05) is 12.3 Å². The van der Waals surface area contributed by atoms with Crippen LogP contribution in [0.4, 0.5) is 5.69 Å². The minimum atomic E-state index is -0.808. The lowest BCUT2D eigenvalue weighted by Gasteiger charge is -2.07. The zero-order chi connectivity index (χ0) is 14.3. The summed E-state index contributed by atoms with van der Waals surface area (Å²) >= 11 is 0. The van der Waals surface area contributed by atoms with Gasteiger partial charge in [0, 0.05) is 12.2 Å². The highest BCUT2D eigenvalue weighted by Gasteiger charge is 2.10. The first kappa shape index (κ1) is 14.9. The second-order valence-corrected chi connectivity index (χ2v) is 4.49. The lowest BCUT2D eigenvalue weighted by Crippen LogP contribution is -2.27. The van der Waals surface area contributed by atoms with Crippen LogP contribution in [0.5, 0.6) is 0 Å². The molecule has 1 amide bonds. The van der Waals surface area contributed by atoms with Crippen LogP contribution in [-0.2, 0) is 16.0 Å². The number of rotatable bonds is 7. The van der Waals surface area contributed by atoms with E-state index in [-0.39, 0.29) is 18.2 Å². The number of nitrogens with one attached hydrogen (secondary N) is 1. The Labute approximate surface area is 112 Å². The van der Waals surface area contributed by atoms with Crippen LogP contribution in [0, 0.1) is 5.92 Å². The van der Waals surface area contributed by atoms with E-state index < -0.39 is 5.97 Å². The van der Waals surface area contributed by atoms with Crippen LogP contribution in [0.25, 0.3) is 0 Å². The molecule has 4 N–H and O–H groups in total. The SMILES string of the molecule is CC(CCCNC(=O)Cc1ccc(N)cn1)C(=O)O. The average Bonchev–Trinajstić information content (AvgIpc) is 2.37. The van der Waals surface area contributed by atoms with E-state index in [0.29, 0.717) is 30.8 Å². The summed E-state index contributed by atoms with van der Waals surface area (Å²) in [5.74, 6) is -1.31. The predicted molar refractivity (Wildman–Crippen MR) is 71.4 cm³/mol. The molecule has 1 rings (SSSR count). The van der Waals surface area contributed by atoms with E-state index >= 15 is 0 Å². The lowest BCUT2D eigenvalue weighted by atomic mass is 10.1. The van der Waals surface area contributed by atoms with E-state index in [9.17, 15) is 9.59 Å². The van der Waals surface area contributed by atoms with Crippen molar-refractivity contribution in [2.45, 2.75) is 26.2 Å². The number of aromatic nitrogens is 1. The molecular formula is C13H19N3O3. The van der Waals surface area contributed by atoms with Gasteiger partial charge >= 0.3 is 5.97 Å². The number of amides is 1. The second-order valence-electron chi connectivity index (χ2n) is 4.49. The quantitative estimate of drug-likeness (QED) is 0.633. The average molecular weight is 265 g/mol. The van der Waals surface area contributed by atoms with E-state index in [1.807, 2.05) is 0 Å². The Morgan fingerprint density at radius 3 is 2.79 bits per heavy atom. The fraction of sp³-hybridized carbons (Fsp3) is 0.462. The molecule has 0 aliphatic rings. The van der Waals surface area contributed by atoms with Crippen LogP contribution in [0.3, 0.4) is 0 Å². The van der Waals surface area contributed by atoms with Gasteiger partial charge in [-0.3, -0.25) is 14.6 Å². The summed E-state index contributed by atoms with van der Waals surface area (Å²) in [5, 5.41) is 11.4. The highest BCUT2D eigenvalue weighted by molar-refractivity contribution is 5.78. The van der Waals surface area contributed by atoms with Crippen LogP contribution < -0.4 is 11.1 Å². The zero-order valence-electron chi connectivity index (χ0n) is 10.9. The van der Waals surface area contributed by atoms with Crippen molar-refractivity contribution >= 4 is 17.6 Å². The largest absolute Gasteiger partial charge is 0.481 e. The topological polar surface area (TPSA) is 105 Å². The molecule has 104 valence electrons. The maximum atomic E-state index is 11.6. The van der Waals surface area contributed by atoms with Gasteiger partial charge in [0.05, 0.1) is 24.2 Å². The number of nitrogens with two attached hydrogens (primary N) is 1. The Balaban J connectivity index is 2.21. The Morgan fingerprint density at radius 2 is 2.21 bits per heavy atom. The van der Waals surface area contributed by atoms with Crippen molar-refractivity contribution in [3.05, 3.63) is 24.0 Å². The van der Waals surface area contributed by atoms with Crippen molar-refractivity contribution in [2.24, 2.45) is 5.92 Å². The third-order valence-corrected chi connectivity index (χ3v) is 2.75. The second kappa shape index (κ2) is 7.35.